The largest absolute Gasteiger partial charge is 0.322 e. The van der Waals surface area contributed by atoms with Crippen LogP contribution in [0.1, 0.15) is 16.1 Å². The smallest absolute Gasteiger partial charge is 0.257 e. The minimum atomic E-state index is -0.363. The van der Waals surface area contributed by atoms with Crippen LogP contribution in [0.2, 0.25) is 5.02 Å². The van der Waals surface area contributed by atoms with E-state index >= 15 is 0 Å². The summed E-state index contributed by atoms with van der Waals surface area (Å²) in [6, 6.07) is 18.9. The molecule has 5 rings (SSSR count). The molecule has 1 N–H and O–H groups in total. The Morgan fingerprint density at radius 3 is 2.52 bits per heavy atom. The Kier molecular flexibility index (Phi) is 5.36. The van der Waals surface area contributed by atoms with Crippen LogP contribution in [0.3, 0.4) is 0 Å². The molecule has 3 heterocycles. The minimum Gasteiger partial charge on any atom is -0.322 e. The molecule has 0 atom stereocenters. The van der Waals surface area contributed by atoms with Crippen molar-refractivity contribution in [2.24, 2.45) is 0 Å². The molecule has 0 bridgehead atoms. The van der Waals surface area contributed by atoms with Crippen molar-refractivity contribution in [3.63, 3.8) is 0 Å². The molecular formula is C26H18ClFN4O. The van der Waals surface area contributed by atoms with Crippen LogP contribution in [-0.4, -0.2) is 20.3 Å². The molecule has 0 radical (unpaired) electrons. The zero-order valence-electron chi connectivity index (χ0n) is 17.6. The van der Waals surface area contributed by atoms with Gasteiger partial charge in [0.05, 0.1) is 28.0 Å². The molecule has 0 fully saturated rings. The number of anilines is 1. The molecule has 162 valence electrons. The maximum atomic E-state index is 13.2. The average Bonchev–Trinajstić information content (AvgIpc) is 3.25. The summed E-state index contributed by atoms with van der Waals surface area (Å²) in [5.41, 5.74) is 4.89. The SMILES string of the molecule is Cc1ncc(-c2cccn3c(-c4ccccc4Cl)ncc23)cc1C(=O)Nc1ccc(F)cc1. The van der Waals surface area contributed by atoms with Crippen molar-refractivity contribution in [1.29, 1.82) is 0 Å². The highest BCUT2D eigenvalue weighted by Gasteiger charge is 2.16. The van der Waals surface area contributed by atoms with Crippen molar-refractivity contribution in [3.05, 3.63) is 107 Å². The van der Waals surface area contributed by atoms with Gasteiger partial charge in [-0.05, 0) is 55.5 Å². The number of benzene rings is 2. The lowest BCUT2D eigenvalue weighted by atomic mass is 10.0. The van der Waals surface area contributed by atoms with Gasteiger partial charge in [-0.2, -0.15) is 0 Å². The molecule has 0 unspecified atom stereocenters. The quantitative estimate of drug-likeness (QED) is 0.339. The molecule has 5 aromatic rings. The van der Waals surface area contributed by atoms with E-state index in [0.29, 0.717) is 22.0 Å². The third kappa shape index (κ3) is 3.97. The number of aromatic nitrogens is 3. The summed E-state index contributed by atoms with van der Waals surface area (Å²) in [5.74, 6) is 0.0513. The van der Waals surface area contributed by atoms with E-state index in [1.54, 1.807) is 25.4 Å². The normalized spacial score (nSPS) is 11.0. The molecule has 0 aliphatic rings. The Morgan fingerprint density at radius 1 is 0.970 bits per heavy atom. The average molecular weight is 457 g/mol. The van der Waals surface area contributed by atoms with Gasteiger partial charge in [-0.15, -0.1) is 0 Å². The maximum absolute atomic E-state index is 13.2. The van der Waals surface area contributed by atoms with Gasteiger partial charge in [0.15, 0.2) is 0 Å². The number of pyridine rings is 2. The van der Waals surface area contributed by atoms with Crippen molar-refractivity contribution in [2.75, 3.05) is 5.32 Å². The van der Waals surface area contributed by atoms with E-state index in [1.165, 1.54) is 24.3 Å². The molecule has 2 aromatic carbocycles. The second-order valence-electron chi connectivity index (χ2n) is 7.56. The first-order chi connectivity index (χ1) is 16.0. The number of hydrogen-bond acceptors (Lipinski definition) is 3. The van der Waals surface area contributed by atoms with Crippen LogP contribution in [0.4, 0.5) is 10.1 Å². The van der Waals surface area contributed by atoms with Gasteiger partial charge in [-0.1, -0.05) is 29.8 Å². The van der Waals surface area contributed by atoms with Crippen LogP contribution in [-0.2, 0) is 0 Å². The molecule has 0 spiro atoms. The van der Waals surface area contributed by atoms with Gasteiger partial charge in [0, 0.05) is 34.8 Å². The summed E-state index contributed by atoms with van der Waals surface area (Å²) >= 11 is 6.39. The number of carbonyl (C=O) groups excluding carboxylic acids is 1. The molecule has 3 aromatic heterocycles. The Hall–Kier alpha value is -4.03. The predicted octanol–water partition coefficient (Wildman–Crippen LogP) is 6.42. The molecule has 33 heavy (non-hydrogen) atoms. The van der Waals surface area contributed by atoms with Crippen molar-refractivity contribution in [1.82, 2.24) is 14.4 Å². The number of nitrogens with zero attached hydrogens (tertiary/aromatic N) is 3. The molecule has 0 aliphatic heterocycles. The van der Waals surface area contributed by atoms with Gasteiger partial charge < -0.3 is 5.32 Å². The number of aryl methyl sites for hydroxylation is 1. The highest BCUT2D eigenvalue weighted by atomic mass is 35.5. The highest BCUT2D eigenvalue weighted by Crippen LogP contribution is 2.31. The maximum Gasteiger partial charge on any atom is 0.257 e. The minimum absolute atomic E-state index is 0.314. The van der Waals surface area contributed by atoms with E-state index in [9.17, 15) is 9.18 Å². The summed E-state index contributed by atoms with van der Waals surface area (Å²) in [7, 11) is 0. The summed E-state index contributed by atoms with van der Waals surface area (Å²) in [5, 5.41) is 3.41. The lowest BCUT2D eigenvalue weighted by Crippen LogP contribution is -2.14. The fourth-order valence-electron chi connectivity index (χ4n) is 3.75. The van der Waals surface area contributed by atoms with Crippen molar-refractivity contribution < 1.29 is 9.18 Å². The zero-order chi connectivity index (χ0) is 22.9. The Balaban J connectivity index is 1.55. The third-order valence-electron chi connectivity index (χ3n) is 5.43. The summed E-state index contributed by atoms with van der Waals surface area (Å²) in [6.45, 7) is 1.78. The van der Waals surface area contributed by atoms with Gasteiger partial charge in [0.1, 0.15) is 11.6 Å². The number of hydrogen-bond donors (Lipinski definition) is 1. The summed E-state index contributed by atoms with van der Waals surface area (Å²) in [4.78, 5) is 22.0. The fraction of sp³-hybridized carbons (Fsp3) is 0.0385. The summed E-state index contributed by atoms with van der Waals surface area (Å²) in [6.07, 6.45) is 5.45. The van der Waals surface area contributed by atoms with Gasteiger partial charge in [-0.3, -0.25) is 14.2 Å². The predicted molar refractivity (Wildman–Crippen MR) is 128 cm³/mol. The van der Waals surface area contributed by atoms with Crippen molar-refractivity contribution in [3.8, 4) is 22.5 Å². The van der Waals surface area contributed by atoms with Crippen LogP contribution in [0.25, 0.3) is 28.0 Å². The number of rotatable bonds is 4. The molecule has 1 amide bonds. The van der Waals surface area contributed by atoms with Crippen LogP contribution in [0.15, 0.2) is 85.3 Å². The topological polar surface area (TPSA) is 59.3 Å². The van der Waals surface area contributed by atoms with Crippen molar-refractivity contribution in [2.45, 2.75) is 6.92 Å². The Morgan fingerprint density at radius 2 is 1.73 bits per heavy atom. The first kappa shape index (κ1) is 20.8. The van der Waals surface area contributed by atoms with E-state index in [1.807, 2.05) is 47.0 Å². The van der Waals surface area contributed by atoms with E-state index in [2.05, 4.69) is 15.3 Å². The standard InChI is InChI=1S/C26H18ClFN4O/c1-16-22(26(33)31-19-10-8-18(28)9-11-19)13-17(14-29-16)20-6-4-12-32-24(20)15-30-25(32)21-5-2-3-7-23(21)27/h2-15H,1H3,(H,31,33). The number of imidazole rings is 1. The molecule has 0 saturated heterocycles. The number of fused-ring (bicyclic) bond motifs is 1. The summed E-state index contributed by atoms with van der Waals surface area (Å²) < 4.78 is 15.1. The zero-order valence-corrected chi connectivity index (χ0v) is 18.3. The van der Waals surface area contributed by atoms with E-state index in [-0.39, 0.29) is 11.7 Å². The lowest BCUT2D eigenvalue weighted by molar-refractivity contribution is 0.102. The molecule has 0 saturated carbocycles. The number of amides is 1. The molecule has 5 nitrogen and oxygen atoms in total. The monoisotopic (exact) mass is 456 g/mol. The first-order valence-corrected chi connectivity index (χ1v) is 10.6. The second kappa shape index (κ2) is 8.48. The van der Waals surface area contributed by atoms with Gasteiger partial charge >= 0.3 is 0 Å². The van der Waals surface area contributed by atoms with Gasteiger partial charge in [0.25, 0.3) is 5.91 Å². The Bertz CT molecular complexity index is 1490. The number of carbonyl (C=O) groups is 1. The second-order valence-corrected chi connectivity index (χ2v) is 7.96. The van der Waals surface area contributed by atoms with Gasteiger partial charge in [0.2, 0.25) is 0 Å². The first-order valence-electron chi connectivity index (χ1n) is 10.3. The van der Waals surface area contributed by atoms with E-state index in [0.717, 1.165) is 28.0 Å². The molecule has 7 heteroatoms. The lowest BCUT2D eigenvalue weighted by Gasteiger charge is -2.11. The Labute approximate surface area is 194 Å². The molecular weight excluding hydrogens is 439 g/mol. The van der Waals surface area contributed by atoms with E-state index in [4.69, 9.17) is 11.6 Å². The van der Waals surface area contributed by atoms with Crippen LogP contribution < -0.4 is 5.32 Å². The highest BCUT2D eigenvalue weighted by molar-refractivity contribution is 6.33. The van der Waals surface area contributed by atoms with Crippen LogP contribution in [0.5, 0.6) is 0 Å². The van der Waals surface area contributed by atoms with Gasteiger partial charge in [-0.25, -0.2) is 9.37 Å². The number of nitrogens with one attached hydrogen (secondary N) is 1. The van der Waals surface area contributed by atoms with E-state index < -0.39 is 0 Å². The van der Waals surface area contributed by atoms with Crippen LogP contribution >= 0.6 is 11.6 Å². The fourth-order valence-corrected chi connectivity index (χ4v) is 3.97. The molecule has 0 aliphatic carbocycles. The third-order valence-corrected chi connectivity index (χ3v) is 5.76. The number of halogens is 2. The van der Waals surface area contributed by atoms with Crippen LogP contribution in [0, 0.1) is 12.7 Å². The van der Waals surface area contributed by atoms with Crippen molar-refractivity contribution >= 4 is 28.7 Å².